The highest BCUT2D eigenvalue weighted by molar-refractivity contribution is 7.91. The van der Waals surface area contributed by atoms with Gasteiger partial charge < -0.3 is 14.8 Å². The Kier molecular flexibility index (Phi) is 7.68. The van der Waals surface area contributed by atoms with Crippen LogP contribution in [-0.4, -0.2) is 48.8 Å². The zero-order chi connectivity index (χ0) is 25.9. The first-order valence-electron chi connectivity index (χ1n) is 12.1. The van der Waals surface area contributed by atoms with Crippen LogP contribution in [0.5, 0.6) is 11.5 Å². The molecule has 9 heteroatoms. The predicted molar refractivity (Wildman–Crippen MR) is 140 cm³/mol. The maximum atomic E-state index is 12.8. The molecular formula is C27H33N3O5S. The number of benzene rings is 2. The Bertz CT molecular complexity index is 1330. The van der Waals surface area contributed by atoms with Gasteiger partial charge in [0.25, 0.3) is 5.91 Å². The second-order valence-corrected chi connectivity index (χ2v) is 11.9. The van der Waals surface area contributed by atoms with Crippen molar-refractivity contribution >= 4 is 21.6 Å². The SMILES string of the molecule is Cc1cccc(OCC(=O)Nc2cc(-c3ccc(OCC(C)C)cc3)nn2[C@H]2CCS(=O)(=O)C2)c1C. The second-order valence-electron chi connectivity index (χ2n) is 9.68. The third kappa shape index (κ3) is 6.26. The van der Waals surface area contributed by atoms with Gasteiger partial charge in [-0.2, -0.15) is 5.10 Å². The minimum Gasteiger partial charge on any atom is -0.493 e. The van der Waals surface area contributed by atoms with Gasteiger partial charge in [-0.05, 0) is 67.6 Å². The molecule has 0 saturated carbocycles. The molecule has 1 aromatic heterocycles. The molecule has 4 rings (SSSR count). The maximum absolute atomic E-state index is 12.8. The van der Waals surface area contributed by atoms with Gasteiger partial charge in [0.15, 0.2) is 16.4 Å². The van der Waals surface area contributed by atoms with Crippen molar-refractivity contribution in [1.82, 2.24) is 9.78 Å². The van der Waals surface area contributed by atoms with E-state index in [1.807, 2.05) is 56.3 Å². The Morgan fingerprint density at radius 2 is 1.89 bits per heavy atom. The molecule has 0 aliphatic carbocycles. The molecule has 192 valence electrons. The number of anilines is 1. The van der Waals surface area contributed by atoms with Gasteiger partial charge in [-0.25, -0.2) is 13.1 Å². The lowest BCUT2D eigenvalue weighted by molar-refractivity contribution is -0.118. The Balaban J connectivity index is 1.53. The van der Waals surface area contributed by atoms with Gasteiger partial charge >= 0.3 is 0 Å². The second kappa shape index (κ2) is 10.7. The average molecular weight is 512 g/mol. The normalized spacial score (nSPS) is 16.8. The molecule has 2 heterocycles. The molecule has 1 atom stereocenters. The highest BCUT2D eigenvalue weighted by Gasteiger charge is 2.32. The van der Waals surface area contributed by atoms with Gasteiger partial charge in [0.1, 0.15) is 17.3 Å². The van der Waals surface area contributed by atoms with Gasteiger partial charge in [-0.3, -0.25) is 4.79 Å². The standard InChI is InChI=1S/C27H33N3O5S/c1-18(2)15-34-23-10-8-21(9-11-23)24-14-26(30(29-24)22-12-13-36(32,33)17-22)28-27(31)16-35-25-7-5-6-19(3)20(25)4/h5-11,14,18,22H,12-13,15-17H2,1-4H3,(H,28,31)/t22-/m0/s1. The number of carbonyl (C=O) groups is 1. The molecule has 2 aromatic carbocycles. The minimum absolute atomic E-state index is 0.00203. The highest BCUT2D eigenvalue weighted by Crippen LogP contribution is 2.31. The molecule has 1 aliphatic rings. The lowest BCUT2D eigenvalue weighted by atomic mass is 10.1. The number of carbonyl (C=O) groups excluding carboxylic acids is 1. The van der Waals surface area contributed by atoms with Crippen LogP contribution in [0.15, 0.2) is 48.5 Å². The molecule has 8 nitrogen and oxygen atoms in total. The van der Waals surface area contributed by atoms with Crippen molar-refractivity contribution in [2.24, 2.45) is 5.92 Å². The molecule has 3 aromatic rings. The fraction of sp³-hybridized carbons (Fsp3) is 0.407. The van der Waals surface area contributed by atoms with Crippen LogP contribution < -0.4 is 14.8 Å². The molecule has 1 aliphatic heterocycles. The number of nitrogens with one attached hydrogen (secondary N) is 1. The van der Waals surface area contributed by atoms with Crippen molar-refractivity contribution in [2.45, 2.75) is 40.2 Å². The van der Waals surface area contributed by atoms with E-state index in [1.54, 1.807) is 10.7 Å². The van der Waals surface area contributed by atoms with Crippen LogP contribution in [0.3, 0.4) is 0 Å². The minimum atomic E-state index is -3.13. The van der Waals surface area contributed by atoms with Crippen molar-refractivity contribution in [3.63, 3.8) is 0 Å². The summed E-state index contributed by atoms with van der Waals surface area (Å²) < 4.78 is 37.4. The van der Waals surface area contributed by atoms with E-state index < -0.39 is 9.84 Å². The summed E-state index contributed by atoms with van der Waals surface area (Å²) >= 11 is 0. The predicted octanol–water partition coefficient (Wildman–Crippen LogP) is 4.58. The van der Waals surface area contributed by atoms with E-state index in [1.165, 1.54) is 0 Å². The Morgan fingerprint density at radius 3 is 2.56 bits per heavy atom. The number of rotatable bonds is 9. The third-order valence-electron chi connectivity index (χ3n) is 6.20. The summed E-state index contributed by atoms with van der Waals surface area (Å²) in [4.78, 5) is 12.8. The van der Waals surface area contributed by atoms with Crippen LogP contribution in [0.25, 0.3) is 11.3 Å². The number of amides is 1. The van der Waals surface area contributed by atoms with Crippen LogP contribution in [0.4, 0.5) is 5.82 Å². The van der Waals surface area contributed by atoms with Crippen LogP contribution in [0, 0.1) is 19.8 Å². The van der Waals surface area contributed by atoms with Crippen molar-refractivity contribution in [1.29, 1.82) is 0 Å². The van der Waals surface area contributed by atoms with Crippen LogP contribution in [-0.2, 0) is 14.6 Å². The quantitative estimate of drug-likeness (QED) is 0.452. The summed E-state index contributed by atoms with van der Waals surface area (Å²) in [5, 5.41) is 7.56. The van der Waals surface area contributed by atoms with E-state index in [9.17, 15) is 13.2 Å². The molecule has 0 unspecified atom stereocenters. The lowest BCUT2D eigenvalue weighted by Crippen LogP contribution is -2.24. The molecule has 0 bridgehead atoms. The monoisotopic (exact) mass is 511 g/mol. The largest absolute Gasteiger partial charge is 0.493 e. The Labute approximate surface area is 212 Å². The fourth-order valence-corrected chi connectivity index (χ4v) is 5.76. The summed E-state index contributed by atoms with van der Waals surface area (Å²) in [5.41, 5.74) is 3.54. The number of aromatic nitrogens is 2. The van der Waals surface area contributed by atoms with E-state index in [4.69, 9.17) is 9.47 Å². The number of ether oxygens (including phenoxy) is 2. The summed E-state index contributed by atoms with van der Waals surface area (Å²) in [5.74, 6) is 2.05. The third-order valence-corrected chi connectivity index (χ3v) is 7.95. The van der Waals surface area contributed by atoms with Gasteiger partial charge in [0.2, 0.25) is 0 Å². The van der Waals surface area contributed by atoms with E-state index in [-0.39, 0.29) is 30.1 Å². The van der Waals surface area contributed by atoms with E-state index in [0.29, 0.717) is 36.2 Å². The fourth-order valence-electron chi connectivity index (χ4n) is 4.06. The molecular weight excluding hydrogens is 478 g/mol. The first kappa shape index (κ1) is 25.8. The Morgan fingerprint density at radius 1 is 1.14 bits per heavy atom. The van der Waals surface area contributed by atoms with Crippen molar-refractivity contribution < 1.29 is 22.7 Å². The first-order valence-corrected chi connectivity index (χ1v) is 14.0. The van der Waals surface area contributed by atoms with Gasteiger partial charge in [-0.15, -0.1) is 0 Å². The first-order chi connectivity index (χ1) is 17.1. The molecule has 0 spiro atoms. The van der Waals surface area contributed by atoms with Crippen LogP contribution in [0.2, 0.25) is 0 Å². The van der Waals surface area contributed by atoms with E-state index in [0.717, 1.165) is 22.4 Å². The number of aryl methyl sites for hydroxylation is 1. The summed E-state index contributed by atoms with van der Waals surface area (Å²) in [6.07, 6.45) is 0.452. The van der Waals surface area contributed by atoms with E-state index >= 15 is 0 Å². The molecule has 1 fully saturated rings. The summed E-state index contributed by atoms with van der Waals surface area (Å²) in [6, 6.07) is 14.7. The topological polar surface area (TPSA) is 99.5 Å². The average Bonchev–Trinajstić information content (AvgIpc) is 3.41. The van der Waals surface area contributed by atoms with Crippen LogP contribution in [0.1, 0.15) is 37.4 Å². The molecule has 1 amide bonds. The Hall–Kier alpha value is -3.33. The summed E-state index contributed by atoms with van der Waals surface area (Å²) in [7, 11) is -3.13. The number of hydrogen-bond donors (Lipinski definition) is 1. The van der Waals surface area contributed by atoms with Gasteiger partial charge in [0, 0.05) is 11.6 Å². The van der Waals surface area contributed by atoms with Crippen molar-refractivity contribution in [3.05, 3.63) is 59.7 Å². The number of sulfone groups is 1. The summed E-state index contributed by atoms with van der Waals surface area (Å²) in [6.45, 7) is 8.57. The number of hydrogen-bond acceptors (Lipinski definition) is 6. The molecule has 0 radical (unpaired) electrons. The van der Waals surface area contributed by atoms with Crippen molar-refractivity contribution in [2.75, 3.05) is 30.0 Å². The van der Waals surface area contributed by atoms with Gasteiger partial charge in [0.05, 0.1) is 29.8 Å². The van der Waals surface area contributed by atoms with Crippen LogP contribution >= 0.6 is 0 Å². The zero-order valence-corrected chi connectivity index (χ0v) is 22.0. The molecule has 1 N–H and O–H groups in total. The molecule has 36 heavy (non-hydrogen) atoms. The maximum Gasteiger partial charge on any atom is 0.263 e. The molecule has 1 saturated heterocycles. The lowest BCUT2D eigenvalue weighted by Gasteiger charge is -2.14. The van der Waals surface area contributed by atoms with Crippen molar-refractivity contribution in [3.8, 4) is 22.8 Å². The smallest absolute Gasteiger partial charge is 0.263 e. The van der Waals surface area contributed by atoms with Gasteiger partial charge in [-0.1, -0.05) is 26.0 Å². The highest BCUT2D eigenvalue weighted by atomic mass is 32.2. The zero-order valence-electron chi connectivity index (χ0n) is 21.2. The number of nitrogens with zero attached hydrogens (tertiary/aromatic N) is 2. The van der Waals surface area contributed by atoms with E-state index in [2.05, 4.69) is 24.3 Å².